The zero-order valence-corrected chi connectivity index (χ0v) is 15.5. The minimum absolute atomic E-state index is 0.0136. The number of hydrogen-bond donors (Lipinski definition) is 0. The van der Waals surface area contributed by atoms with Crippen molar-refractivity contribution in [3.63, 3.8) is 0 Å². The molecule has 0 radical (unpaired) electrons. The molecule has 5 nitrogen and oxygen atoms in total. The van der Waals surface area contributed by atoms with E-state index in [0.717, 1.165) is 19.3 Å². The lowest BCUT2D eigenvalue weighted by Crippen LogP contribution is -2.42. The molecule has 0 aliphatic carbocycles. The number of likely N-dealkylation sites (tertiary alicyclic amines) is 1. The van der Waals surface area contributed by atoms with Crippen LogP contribution in [0.4, 0.5) is 4.39 Å². The smallest absolute Gasteiger partial charge is 0.253 e. The van der Waals surface area contributed by atoms with Gasteiger partial charge >= 0.3 is 0 Å². The fourth-order valence-electron chi connectivity index (χ4n) is 3.60. The van der Waals surface area contributed by atoms with Gasteiger partial charge in [-0.15, -0.1) is 0 Å². The van der Waals surface area contributed by atoms with Crippen LogP contribution in [0.25, 0.3) is 0 Å². The zero-order chi connectivity index (χ0) is 18.5. The second-order valence-corrected chi connectivity index (χ2v) is 7.33. The molecule has 2 saturated heterocycles. The highest BCUT2D eigenvalue weighted by Gasteiger charge is 2.26. The van der Waals surface area contributed by atoms with Crippen LogP contribution in [0.5, 0.6) is 0 Å². The van der Waals surface area contributed by atoms with Crippen molar-refractivity contribution in [2.24, 2.45) is 5.92 Å². The van der Waals surface area contributed by atoms with Crippen LogP contribution in [0, 0.1) is 11.7 Å². The quantitative estimate of drug-likeness (QED) is 0.804. The highest BCUT2D eigenvalue weighted by atomic mass is 35.5. The molecule has 1 aromatic carbocycles. The highest BCUT2D eigenvalue weighted by molar-refractivity contribution is 6.30. The summed E-state index contributed by atoms with van der Waals surface area (Å²) in [6, 6.07) is 4.15. The highest BCUT2D eigenvalue weighted by Crippen LogP contribution is 2.24. The first-order chi connectivity index (χ1) is 12.5. The van der Waals surface area contributed by atoms with Crippen LogP contribution in [-0.2, 0) is 9.53 Å². The van der Waals surface area contributed by atoms with E-state index < -0.39 is 5.82 Å². The van der Waals surface area contributed by atoms with Crippen molar-refractivity contribution in [3.05, 3.63) is 34.6 Å². The van der Waals surface area contributed by atoms with E-state index >= 15 is 0 Å². The van der Waals surface area contributed by atoms with Gasteiger partial charge in [0, 0.05) is 38.2 Å². The largest absolute Gasteiger partial charge is 0.378 e. The molecule has 26 heavy (non-hydrogen) atoms. The Hall–Kier alpha value is -1.66. The Bertz CT molecular complexity index is 664. The number of halogens is 2. The van der Waals surface area contributed by atoms with Crippen molar-refractivity contribution in [2.45, 2.75) is 25.7 Å². The lowest BCUT2D eigenvalue weighted by molar-refractivity contribution is -0.135. The summed E-state index contributed by atoms with van der Waals surface area (Å²) in [7, 11) is 0. The van der Waals surface area contributed by atoms with E-state index in [1.807, 2.05) is 4.90 Å². The monoisotopic (exact) mass is 382 g/mol. The van der Waals surface area contributed by atoms with Gasteiger partial charge in [0.15, 0.2) is 0 Å². The van der Waals surface area contributed by atoms with E-state index in [9.17, 15) is 14.0 Å². The number of ether oxygens (including phenoxy) is 1. The zero-order valence-electron chi connectivity index (χ0n) is 14.8. The summed E-state index contributed by atoms with van der Waals surface area (Å²) in [4.78, 5) is 28.5. The molecule has 2 aliphatic rings. The Balaban J connectivity index is 1.52. The second kappa shape index (κ2) is 8.82. The molecule has 0 unspecified atom stereocenters. The molecule has 0 N–H and O–H groups in total. The topological polar surface area (TPSA) is 49.9 Å². The van der Waals surface area contributed by atoms with Gasteiger partial charge in [0.05, 0.1) is 18.2 Å². The molecule has 2 aliphatic heterocycles. The number of morpholine rings is 1. The fourth-order valence-corrected chi connectivity index (χ4v) is 3.71. The van der Waals surface area contributed by atoms with Gasteiger partial charge in [0.2, 0.25) is 5.91 Å². The average Bonchev–Trinajstić information content (AvgIpc) is 2.68. The van der Waals surface area contributed by atoms with E-state index in [1.165, 1.54) is 12.1 Å². The molecule has 0 spiro atoms. The molecular weight excluding hydrogens is 359 g/mol. The van der Waals surface area contributed by atoms with Gasteiger partial charge < -0.3 is 14.5 Å². The van der Waals surface area contributed by atoms with E-state index in [1.54, 1.807) is 11.0 Å². The maximum absolute atomic E-state index is 13.6. The van der Waals surface area contributed by atoms with Gasteiger partial charge in [-0.05, 0) is 43.4 Å². The number of rotatable bonds is 4. The fraction of sp³-hybridized carbons (Fsp3) is 0.579. The summed E-state index contributed by atoms with van der Waals surface area (Å²) in [5.74, 6) is -0.293. The number of amides is 2. The van der Waals surface area contributed by atoms with Crippen LogP contribution in [0.2, 0.25) is 5.02 Å². The second-order valence-electron chi connectivity index (χ2n) is 6.92. The lowest BCUT2D eigenvalue weighted by Gasteiger charge is -2.33. The predicted octanol–water partition coefficient (Wildman–Crippen LogP) is 2.97. The molecule has 0 saturated carbocycles. The minimum atomic E-state index is -0.581. The maximum Gasteiger partial charge on any atom is 0.253 e. The van der Waals surface area contributed by atoms with Crippen LogP contribution in [0.15, 0.2) is 18.2 Å². The molecule has 0 aromatic heterocycles. The Labute approximate surface area is 158 Å². The van der Waals surface area contributed by atoms with E-state index in [4.69, 9.17) is 16.3 Å². The van der Waals surface area contributed by atoms with Gasteiger partial charge in [0.1, 0.15) is 5.82 Å². The lowest BCUT2D eigenvalue weighted by atomic mass is 9.92. The van der Waals surface area contributed by atoms with Crippen molar-refractivity contribution in [3.8, 4) is 0 Å². The summed E-state index contributed by atoms with van der Waals surface area (Å²) in [5, 5.41) is 0.0136. The summed E-state index contributed by atoms with van der Waals surface area (Å²) in [6.07, 6.45) is 3.19. The van der Waals surface area contributed by atoms with Crippen LogP contribution < -0.4 is 0 Å². The van der Waals surface area contributed by atoms with E-state index in [-0.39, 0.29) is 16.8 Å². The Morgan fingerprint density at radius 2 is 1.96 bits per heavy atom. The van der Waals surface area contributed by atoms with E-state index in [0.29, 0.717) is 57.3 Å². The first-order valence-corrected chi connectivity index (χ1v) is 9.52. The summed E-state index contributed by atoms with van der Waals surface area (Å²) in [6.45, 7) is 3.81. The maximum atomic E-state index is 13.6. The van der Waals surface area contributed by atoms with E-state index in [2.05, 4.69) is 0 Å². The van der Waals surface area contributed by atoms with Gasteiger partial charge in [0.25, 0.3) is 5.91 Å². The molecule has 142 valence electrons. The third-order valence-electron chi connectivity index (χ3n) is 5.10. The third-order valence-corrected chi connectivity index (χ3v) is 5.41. The average molecular weight is 383 g/mol. The molecule has 3 rings (SSSR count). The number of nitrogens with zero attached hydrogens (tertiary/aromatic N) is 2. The molecule has 7 heteroatoms. The van der Waals surface area contributed by atoms with Gasteiger partial charge in [-0.1, -0.05) is 11.6 Å². The number of hydrogen-bond acceptors (Lipinski definition) is 3. The first kappa shape index (κ1) is 19.1. The minimum Gasteiger partial charge on any atom is -0.378 e. The molecule has 1 atom stereocenters. The summed E-state index contributed by atoms with van der Waals surface area (Å²) < 4.78 is 18.9. The summed E-state index contributed by atoms with van der Waals surface area (Å²) in [5.41, 5.74) is 0.317. The van der Waals surface area contributed by atoms with Crippen LogP contribution >= 0.6 is 11.6 Å². The Morgan fingerprint density at radius 1 is 1.19 bits per heavy atom. The third kappa shape index (κ3) is 4.74. The van der Waals surface area contributed by atoms with Crippen molar-refractivity contribution in [1.29, 1.82) is 0 Å². The Kier molecular flexibility index (Phi) is 6.48. The van der Waals surface area contributed by atoms with Gasteiger partial charge in [-0.25, -0.2) is 4.39 Å². The normalized spacial score (nSPS) is 20.9. The molecule has 2 amide bonds. The van der Waals surface area contributed by atoms with Gasteiger partial charge in [-0.3, -0.25) is 9.59 Å². The first-order valence-electron chi connectivity index (χ1n) is 9.14. The molecule has 2 fully saturated rings. The van der Waals surface area contributed by atoms with Crippen LogP contribution in [-0.4, -0.2) is 61.0 Å². The van der Waals surface area contributed by atoms with Gasteiger partial charge in [-0.2, -0.15) is 0 Å². The summed E-state index contributed by atoms with van der Waals surface area (Å²) >= 11 is 5.69. The van der Waals surface area contributed by atoms with Crippen molar-refractivity contribution < 1.29 is 18.7 Å². The van der Waals surface area contributed by atoms with Crippen LogP contribution in [0.3, 0.4) is 0 Å². The number of benzene rings is 1. The van der Waals surface area contributed by atoms with Crippen molar-refractivity contribution in [2.75, 3.05) is 39.4 Å². The number of piperidine rings is 1. The Morgan fingerprint density at radius 3 is 2.69 bits per heavy atom. The molecular formula is C19H24ClFN2O3. The molecule has 0 bridgehead atoms. The van der Waals surface area contributed by atoms with Crippen molar-refractivity contribution in [1.82, 2.24) is 9.80 Å². The standard InChI is InChI=1S/C19H24ClFN2O3/c20-16-5-4-15(12-17(16)21)19(25)23-7-1-2-14(13-23)3-6-18(24)22-8-10-26-11-9-22/h4-5,12,14H,1-3,6-11,13H2/t14-/m1/s1. The predicted molar refractivity (Wildman–Crippen MR) is 96.7 cm³/mol. The number of carbonyl (C=O) groups is 2. The SMILES string of the molecule is O=C(CC[C@H]1CCCN(C(=O)c2ccc(Cl)c(F)c2)C1)N1CCOCC1. The van der Waals surface area contributed by atoms with Crippen molar-refractivity contribution >= 4 is 23.4 Å². The molecule has 2 heterocycles. The van der Waals surface area contributed by atoms with Crippen LogP contribution in [0.1, 0.15) is 36.0 Å². The number of carbonyl (C=O) groups excluding carboxylic acids is 2. The molecule has 1 aromatic rings.